The van der Waals surface area contributed by atoms with Gasteiger partial charge < -0.3 is 15.5 Å². The third-order valence-electron chi connectivity index (χ3n) is 3.50. The van der Waals surface area contributed by atoms with Gasteiger partial charge in [0.2, 0.25) is 5.91 Å². The summed E-state index contributed by atoms with van der Waals surface area (Å²) in [7, 11) is 0. The SMILES string of the molecule is CC(C)N1CC(CNC(=O)Nc2cccc(Cl)c2)CC1=O. The fraction of sp³-hybridized carbons (Fsp3) is 0.467. The molecule has 2 N–H and O–H groups in total. The average molecular weight is 310 g/mol. The first kappa shape index (κ1) is 15.6. The van der Waals surface area contributed by atoms with Gasteiger partial charge in [-0.2, -0.15) is 0 Å². The second kappa shape index (κ2) is 6.80. The van der Waals surface area contributed by atoms with E-state index in [1.807, 2.05) is 18.7 Å². The van der Waals surface area contributed by atoms with Gasteiger partial charge in [-0.3, -0.25) is 4.79 Å². The van der Waals surface area contributed by atoms with Crippen LogP contribution in [-0.4, -0.2) is 36.0 Å². The number of amides is 3. The minimum Gasteiger partial charge on any atom is -0.340 e. The maximum Gasteiger partial charge on any atom is 0.319 e. The van der Waals surface area contributed by atoms with Crippen molar-refractivity contribution in [3.05, 3.63) is 29.3 Å². The van der Waals surface area contributed by atoms with Crippen molar-refractivity contribution < 1.29 is 9.59 Å². The zero-order chi connectivity index (χ0) is 15.4. The number of urea groups is 1. The Morgan fingerprint density at radius 2 is 2.24 bits per heavy atom. The number of nitrogens with one attached hydrogen (secondary N) is 2. The lowest BCUT2D eigenvalue weighted by Gasteiger charge is -2.21. The number of halogens is 1. The van der Waals surface area contributed by atoms with Gasteiger partial charge in [0.15, 0.2) is 0 Å². The van der Waals surface area contributed by atoms with Crippen LogP contribution in [-0.2, 0) is 4.79 Å². The highest BCUT2D eigenvalue weighted by molar-refractivity contribution is 6.30. The summed E-state index contributed by atoms with van der Waals surface area (Å²) in [5.41, 5.74) is 0.645. The molecule has 1 unspecified atom stereocenters. The highest BCUT2D eigenvalue weighted by atomic mass is 35.5. The van der Waals surface area contributed by atoms with E-state index in [0.717, 1.165) is 0 Å². The van der Waals surface area contributed by atoms with Gasteiger partial charge in [0.25, 0.3) is 0 Å². The van der Waals surface area contributed by atoms with E-state index in [9.17, 15) is 9.59 Å². The molecule has 1 heterocycles. The Hall–Kier alpha value is -1.75. The number of carbonyl (C=O) groups excluding carboxylic acids is 2. The molecule has 2 rings (SSSR count). The molecule has 0 bridgehead atoms. The summed E-state index contributed by atoms with van der Waals surface area (Å²) >= 11 is 5.86. The Kier molecular flexibility index (Phi) is 5.07. The predicted octanol–water partition coefficient (Wildman–Crippen LogP) is 2.72. The molecule has 6 heteroatoms. The van der Waals surface area contributed by atoms with E-state index in [2.05, 4.69) is 10.6 Å². The van der Waals surface area contributed by atoms with Gasteiger partial charge in [0.05, 0.1) is 0 Å². The van der Waals surface area contributed by atoms with Crippen molar-refractivity contribution in [2.45, 2.75) is 26.3 Å². The second-order valence-electron chi connectivity index (χ2n) is 5.56. The largest absolute Gasteiger partial charge is 0.340 e. The molecular formula is C15H20ClN3O2. The number of hydrogen-bond donors (Lipinski definition) is 2. The number of likely N-dealkylation sites (tertiary alicyclic amines) is 1. The van der Waals surface area contributed by atoms with E-state index in [4.69, 9.17) is 11.6 Å². The Labute approximate surface area is 129 Å². The Morgan fingerprint density at radius 3 is 2.86 bits per heavy atom. The maximum absolute atomic E-state index is 11.8. The van der Waals surface area contributed by atoms with Crippen LogP contribution in [0, 0.1) is 5.92 Å². The summed E-state index contributed by atoms with van der Waals surface area (Å²) in [5, 5.41) is 6.09. The fourth-order valence-corrected chi connectivity index (χ4v) is 2.61. The molecule has 1 atom stereocenters. The van der Waals surface area contributed by atoms with E-state index in [-0.39, 0.29) is 23.9 Å². The van der Waals surface area contributed by atoms with Crippen LogP contribution in [0.15, 0.2) is 24.3 Å². The van der Waals surface area contributed by atoms with Crippen molar-refractivity contribution in [2.75, 3.05) is 18.4 Å². The summed E-state index contributed by atoms with van der Waals surface area (Å²) in [6.07, 6.45) is 0.496. The first-order chi connectivity index (χ1) is 9.95. The molecule has 1 aromatic carbocycles. The molecule has 3 amide bonds. The zero-order valence-electron chi connectivity index (χ0n) is 12.2. The molecule has 114 valence electrons. The lowest BCUT2D eigenvalue weighted by Crippen LogP contribution is -2.35. The monoisotopic (exact) mass is 309 g/mol. The number of anilines is 1. The number of carbonyl (C=O) groups is 2. The second-order valence-corrected chi connectivity index (χ2v) is 5.99. The van der Waals surface area contributed by atoms with Crippen molar-refractivity contribution in [3.63, 3.8) is 0 Å². The first-order valence-corrected chi connectivity index (χ1v) is 7.43. The molecule has 1 saturated heterocycles. The molecule has 1 aliphatic rings. The van der Waals surface area contributed by atoms with Crippen molar-refractivity contribution in [3.8, 4) is 0 Å². The minimum absolute atomic E-state index is 0.159. The third kappa shape index (κ3) is 4.36. The summed E-state index contributed by atoms with van der Waals surface area (Å²) in [6, 6.07) is 6.89. The van der Waals surface area contributed by atoms with Crippen molar-refractivity contribution in [1.29, 1.82) is 0 Å². The van der Waals surface area contributed by atoms with Gasteiger partial charge in [-0.25, -0.2) is 4.79 Å². The first-order valence-electron chi connectivity index (χ1n) is 7.05. The van der Waals surface area contributed by atoms with Crippen LogP contribution in [0.2, 0.25) is 5.02 Å². The quantitative estimate of drug-likeness (QED) is 0.898. The van der Waals surface area contributed by atoms with Gasteiger partial charge in [-0.1, -0.05) is 17.7 Å². The van der Waals surface area contributed by atoms with Crippen LogP contribution in [0.1, 0.15) is 20.3 Å². The smallest absolute Gasteiger partial charge is 0.319 e. The summed E-state index contributed by atoms with van der Waals surface area (Å²) in [5.74, 6) is 0.331. The maximum atomic E-state index is 11.8. The van der Waals surface area contributed by atoms with Crippen molar-refractivity contribution >= 4 is 29.2 Å². The fourth-order valence-electron chi connectivity index (χ4n) is 2.42. The summed E-state index contributed by atoms with van der Waals surface area (Å²) in [4.78, 5) is 25.4. The molecule has 0 aliphatic carbocycles. The molecule has 0 spiro atoms. The van der Waals surface area contributed by atoms with Crippen LogP contribution in [0.3, 0.4) is 0 Å². The van der Waals surface area contributed by atoms with Gasteiger partial charge >= 0.3 is 6.03 Å². The van der Waals surface area contributed by atoms with E-state index >= 15 is 0 Å². The van der Waals surface area contributed by atoms with Crippen LogP contribution in [0.25, 0.3) is 0 Å². The number of nitrogens with zero attached hydrogens (tertiary/aromatic N) is 1. The van der Waals surface area contributed by atoms with Gasteiger partial charge in [0, 0.05) is 42.2 Å². The van der Waals surface area contributed by atoms with E-state index in [1.165, 1.54) is 0 Å². The van der Waals surface area contributed by atoms with Gasteiger partial charge in [0.1, 0.15) is 0 Å². The minimum atomic E-state index is -0.285. The van der Waals surface area contributed by atoms with Crippen LogP contribution < -0.4 is 10.6 Å². The molecule has 1 fully saturated rings. The number of benzene rings is 1. The summed E-state index contributed by atoms with van der Waals surface area (Å²) < 4.78 is 0. The average Bonchev–Trinajstić information content (AvgIpc) is 2.78. The highest BCUT2D eigenvalue weighted by Crippen LogP contribution is 2.19. The Balaban J connectivity index is 1.79. The standard InChI is InChI=1S/C15H20ClN3O2/c1-10(2)19-9-11(6-14(19)20)8-17-15(21)18-13-5-3-4-12(16)7-13/h3-5,7,10-11H,6,8-9H2,1-2H3,(H2,17,18,21). The van der Waals surface area contributed by atoms with Crippen LogP contribution in [0.5, 0.6) is 0 Å². The molecule has 0 radical (unpaired) electrons. The Morgan fingerprint density at radius 1 is 1.48 bits per heavy atom. The molecule has 1 aromatic rings. The van der Waals surface area contributed by atoms with Gasteiger partial charge in [-0.05, 0) is 32.0 Å². The van der Waals surface area contributed by atoms with Crippen LogP contribution in [0.4, 0.5) is 10.5 Å². The van der Waals surface area contributed by atoms with Crippen molar-refractivity contribution in [1.82, 2.24) is 10.2 Å². The molecule has 0 saturated carbocycles. The molecule has 5 nitrogen and oxygen atoms in total. The predicted molar refractivity (Wildman–Crippen MR) is 83.4 cm³/mol. The number of rotatable bonds is 4. The molecule has 1 aliphatic heterocycles. The summed E-state index contributed by atoms with van der Waals surface area (Å²) in [6.45, 7) is 5.19. The topological polar surface area (TPSA) is 61.4 Å². The lowest BCUT2D eigenvalue weighted by molar-refractivity contribution is -0.129. The Bertz CT molecular complexity index is 533. The van der Waals surface area contributed by atoms with Crippen LogP contribution >= 0.6 is 11.6 Å². The lowest BCUT2D eigenvalue weighted by atomic mass is 10.1. The van der Waals surface area contributed by atoms with E-state index in [1.54, 1.807) is 24.3 Å². The van der Waals surface area contributed by atoms with Crippen molar-refractivity contribution in [2.24, 2.45) is 5.92 Å². The van der Waals surface area contributed by atoms with E-state index < -0.39 is 0 Å². The molecule has 21 heavy (non-hydrogen) atoms. The van der Waals surface area contributed by atoms with E-state index in [0.29, 0.717) is 30.2 Å². The zero-order valence-corrected chi connectivity index (χ0v) is 13.0. The molecule has 0 aromatic heterocycles. The molecular weight excluding hydrogens is 290 g/mol. The normalized spacial score (nSPS) is 18.2. The number of hydrogen-bond acceptors (Lipinski definition) is 2. The third-order valence-corrected chi connectivity index (χ3v) is 3.73. The van der Waals surface area contributed by atoms with Gasteiger partial charge in [-0.15, -0.1) is 0 Å². The highest BCUT2D eigenvalue weighted by Gasteiger charge is 2.31.